The van der Waals surface area contributed by atoms with Gasteiger partial charge in [0.1, 0.15) is 11.7 Å². The smallest absolute Gasteiger partial charge is 0.330 e. The number of nitrogens with one attached hydrogen (secondary N) is 1. The van der Waals surface area contributed by atoms with Crippen LogP contribution in [-0.4, -0.2) is 23.8 Å². The van der Waals surface area contributed by atoms with E-state index >= 15 is 0 Å². The molecule has 1 unspecified atom stereocenters. The molecule has 1 aromatic carbocycles. The Morgan fingerprint density at radius 3 is 2.59 bits per heavy atom. The van der Waals surface area contributed by atoms with Crippen LogP contribution in [0.4, 0.5) is 0 Å². The first-order valence-electron chi connectivity index (χ1n) is 6.90. The van der Waals surface area contributed by atoms with Gasteiger partial charge < -0.3 is 5.11 Å². The van der Waals surface area contributed by atoms with E-state index in [2.05, 4.69) is 4.98 Å². The van der Waals surface area contributed by atoms with Crippen LogP contribution < -0.4 is 11.2 Å². The van der Waals surface area contributed by atoms with Gasteiger partial charge in [0.25, 0.3) is 0 Å². The van der Waals surface area contributed by atoms with E-state index in [4.69, 9.17) is 5.41 Å². The highest BCUT2D eigenvalue weighted by molar-refractivity contribution is 5.69. The molecule has 3 aromatic rings. The number of benzene rings is 1. The first-order chi connectivity index (χ1) is 10.5. The van der Waals surface area contributed by atoms with Crippen molar-refractivity contribution >= 4 is 11.2 Å². The van der Waals surface area contributed by atoms with Gasteiger partial charge in [-0.3, -0.25) is 19.1 Å². The van der Waals surface area contributed by atoms with Crippen molar-refractivity contribution < 1.29 is 5.11 Å². The number of rotatable bonds is 3. The van der Waals surface area contributed by atoms with E-state index in [1.54, 1.807) is 7.05 Å². The average molecular weight is 299 g/mol. The highest BCUT2D eigenvalue weighted by atomic mass is 16.3. The van der Waals surface area contributed by atoms with E-state index in [1.807, 2.05) is 30.3 Å². The second-order valence-electron chi connectivity index (χ2n) is 5.24. The minimum atomic E-state index is -0.853. The topological polar surface area (TPSA) is 88.8 Å². The third-order valence-corrected chi connectivity index (χ3v) is 3.81. The monoisotopic (exact) mass is 299 g/mol. The minimum Gasteiger partial charge on any atom is -0.373 e. The molecule has 0 aliphatic heterocycles. The standard InChI is InChI=1S/C15H17N5O2/c1-18-13(16)12-14(19(2)15(18)22)17-9-20(12)11(21)8-10-6-4-3-5-7-10/h3-7,9,11,16,21H,8H2,1-2H3. The maximum Gasteiger partial charge on any atom is 0.330 e. The van der Waals surface area contributed by atoms with Crippen LogP contribution in [-0.2, 0) is 20.5 Å². The van der Waals surface area contributed by atoms with Gasteiger partial charge in [0.05, 0.1) is 6.33 Å². The molecule has 2 aromatic heterocycles. The molecule has 114 valence electrons. The number of imidazole rings is 1. The van der Waals surface area contributed by atoms with Crippen molar-refractivity contribution in [2.75, 3.05) is 0 Å². The molecule has 0 saturated carbocycles. The zero-order chi connectivity index (χ0) is 15.9. The molecule has 0 bridgehead atoms. The Morgan fingerprint density at radius 1 is 1.23 bits per heavy atom. The number of aliphatic hydroxyl groups excluding tert-OH is 1. The summed E-state index contributed by atoms with van der Waals surface area (Å²) in [6.45, 7) is 0. The maximum absolute atomic E-state index is 12.0. The van der Waals surface area contributed by atoms with Gasteiger partial charge in [0.15, 0.2) is 11.1 Å². The lowest BCUT2D eigenvalue weighted by atomic mass is 10.1. The lowest BCUT2D eigenvalue weighted by Gasteiger charge is -2.14. The molecule has 3 rings (SSSR count). The predicted molar refractivity (Wildman–Crippen MR) is 81.2 cm³/mol. The first-order valence-corrected chi connectivity index (χ1v) is 6.90. The molecule has 22 heavy (non-hydrogen) atoms. The molecule has 0 aliphatic rings. The fourth-order valence-electron chi connectivity index (χ4n) is 2.54. The fraction of sp³-hybridized carbons (Fsp3) is 0.267. The van der Waals surface area contributed by atoms with E-state index in [-0.39, 0.29) is 11.2 Å². The van der Waals surface area contributed by atoms with Gasteiger partial charge in [0.2, 0.25) is 0 Å². The van der Waals surface area contributed by atoms with Gasteiger partial charge in [-0.2, -0.15) is 0 Å². The summed E-state index contributed by atoms with van der Waals surface area (Å²) in [6.07, 6.45) is 1.02. The lowest BCUT2D eigenvalue weighted by Crippen LogP contribution is -2.38. The maximum atomic E-state index is 12.0. The quantitative estimate of drug-likeness (QED) is 0.728. The lowest BCUT2D eigenvalue weighted by molar-refractivity contribution is 0.108. The minimum absolute atomic E-state index is 0.0303. The molecule has 2 N–H and O–H groups in total. The van der Waals surface area contributed by atoms with Gasteiger partial charge >= 0.3 is 5.69 Å². The summed E-state index contributed by atoms with van der Waals surface area (Å²) in [7, 11) is 3.13. The Hall–Kier alpha value is -2.67. The molecule has 0 spiro atoms. The van der Waals surface area contributed by atoms with E-state index < -0.39 is 6.23 Å². The summed E-state index contributed by atoms with van der Waals surface area (Å²) in [5, 5.41) is 18.6. The molecule has 7 heteroatoms. The summed E-state index contributed by atoms with van der Waals surface area (Å²) in [4.78, 5) is 16.1. The normalized spacial score (nSPS) is 12.7. The van der Waals surface area contributed by atoms with Crippen LogP contribution in [0.1, 0.15) is 11.8 Å². The third-order valence-electron chi connectivity index (χ3n) is 3.81. The summed E-state index contributed by atoms with van der Waals surface area (Å²) >= 11 is 0. The summed E-state index contributed by atoms with van der Waals surface area (Å²) < 4.78 is 4.14. The average Bonchev–Trinajstić information content (AvgIpc) is 2.97. The van der Waals surface area contributed by atoms with Crippen LogP contribution >= 0.6 is 0 Å². The molecular formula is C15H17N5O2. The molecule has 1 atom stereocenters. The number of nitrogens with zero attached hydrogens (tertiary/aromatic N) is 4. The second kappa shape index (κ2) is 5.27. The fourth-order valence-corrected chi connectivity index (χ4v) is 2.54. The van der Waals surface area contributed by atoms with Crippen LogP contribution in [0.3, 0.4) is 0 Å². The first kappa shape index (κ1) is 14.3. The molecular weight excluding hydrogens is 282 g/mol. The van der Waals surface area contributed by atoms with Gasteiger partial charge in [-0.15, -0.1) is 0 Å². The number of hydrogen-bond donors (Lipinski definition) is 2. The van der Waals surface area contributed by atoms with Crippen molar-refractivity contribution in [1.29, 1.82) is 5.41 Å². The van der Waals surface area contributed by atoms with Crippen LogP contribution in [0.25, 0.3) is 11.2 Å². The van der Waals surface area contributed by atoms with Gasteiger partial charge in [-0.05, 0) is 5.56 Å². The zero-order valence-electron chi connectivity index (χ0n) is 12.4. The Kier molecular flexibility index (Phi) is 3.42. The summed E-state index contributed by atoms with van der Waals surface area (Å²) in [5.74, 6) is 0. The van der Waals surface area contributed by atoms with Crippen LogP contribution in [0.2, 0.25) is 0 Å². The highest BCUT2D eigenvalue weighted by Crippen LogP contribution is 2.15. The van der Waals surface area contributed by atoms with E-state index in [1.165, 1.54) is 27.1 Å². The number of aliphatic hydroxyl groups is 1. The zero-order valence-corrected chi connectivity index (χ0v) is 12.4. The molecule has 7 nitrogen and oxygen atoms in total. The Labute approximate surface area is 126 Å². The van der Waals surface area contributed by atoms with Gasteiger partial charge in [-0.1, -0.05) is 30.3 Å². The number of hydrogen-bond acceptors (Lipinski definition) is 4. The van der Waals surface area contributed by atoms with Crippen molar-refractivity contribution in [2.45, 2.75) is 12.6 Å². The molecule has 0 aliphatic carbocycles. The van der Waals surface area contributed by atoms with Crippen LogP contribution in [0, 0.1) is 5.41 Å². The largest absolute Gasteiger partial charge is 0.373 e. The van der Waals surface area contributed by atoms with E-state index in [9.17, 15) is 9.90 Å². The third kappa shape index (κ3) is 2.15. The SMILES string of the molecule is Cn1c(=N)c2c(ncn2C(O)Cc2ccccc2)n(C)c1=O. The van der Waals surface area contributed by atoms with Crippen molar-refractivity contribution in [3.05, 3.63) is 58.2 Å². The molecule has 2 heterocycles. The van der Waals surface area contributed by atoms with Crippen molar-refractivity contribution in [2.24, 2.45) is 14.1 Å². The molecule has 0 saturated heterocycles. The van der Waals surface area contributed by atoms with Crippen molar-refractivity contribution in [3.63, 3.8) is 0 Å². The second-order valence-corrected chi connectivity index (χ2v) is 5.24. The highest BCUT2D eigenvalue weighted by Gasteiger charge is 2.16. The van der Waals surface area contributed by atoms with Crippen LogP contribution in [0.15, 0.2) is 41.5 Å². The molecule has 0 radical (unpaired) electrons. The molecule has 0 amide bonds. The van der Waals surface area contributed by atoms with E-state index in [0.29, 0.717) is 17.6 Å². The number of aryl methyl sites for hydroxylation is 1. The number of fused-ring (bicyclic) bond motifs is 1. The van der Waals surface area contributed by atoms with Crippen molar-refractivity contribution in [1.82, 2.24) is 18.7 Å². The van der Waals surface area contributed by atoms with Crippen molar-refractivity contribution in [3.8, 4) is 0 Å². The predicted octanol–water partition coefficient (Wildman–Crippen LogP) is 0.287. The van der Waals surface area contributed by atoms with Gasteiger partial charge in [-0.25, -0.2) is 9.78 Å². The summed E-state index contributed by atoms with van der Waals surface area (Å²) in [5.41, 5.74) is 1.52. The van der Waals surface area contributed by atoms with Gasteiger partial charge in [0, 0.05) is 20.5 Å². The number of aromatic nitrogens is 4. The molecule has 0 fully saturated rings. The van der Waals surface area contributed by atoms with E-state index in [0.717, 1.165) is 5.56 Å². The Morgan fingerprint density at radius 2 is 1.91 bits per heavy atom. The summed E-state index contributed by atoms with van der Waals surface area (Å²) in [6, 6.07) is 9.60. The Balaban J connectivity index is 2.13. The Bertz CT molecular complexity index is 936. The van der Waals surface area contributed by atoms with Crippen LogP contribution in [0.5, 0.6) is 0 Å².